The van der Waals surface area contributed by atoms with E-state index in [0.717, 1.165) is 42.4 Å². The summed E-state index contributed by atoms with van der Waals surface area (Å²) in [5, 5.41) is 0. The number of hydrogen-bond acceptors (Lipinski definition) is 4. The third-order valence-corrected chi connectivity index (χ3v) is 4.93. The van der Waals surface area contributed by atoms with Crippen molar-refractivity contribution in [2.24, 2.45) is 5.73 Å². The maximum atomic E-state index is 12.5. The van der Waals surface area contributed by atoms with Gasteiger partial charge in [0.2, 0.25) is 0 Å². The standard InChI is InChI=1S/C16H23N3OS/c1-3-13(2)18-9-11-19(12-10-18)16(20)15-7-6-14(21-15)5-4-8-17/h6-7,13H,3,8-12,17H2,1-2H3. The van der Waals surface area contributed by atoms with Gasteiger partial charge in [-0.05, 0) is 25.5 Å². The molecule has 0 spiro atoms. The third kappa shape index (κ3) is 4.07. The zero-order valence-electron chi connectivity index (χ0n) is 12.8. The Morgan fingerprint density at radius 3 is 2.71 bits per heavy atom. The molecule has 4 nitrogen and oxygen atoms in total. The van der Waals surface area contributed by atoms with E-state index in [1.54, 1.807) is 0 Å². The van der Waals surface area contributed by atoms with Crippen molar-refractivity contribution in [2.45, 2.75) is 26.3 Å². The van der Waals surface area contributed by atoms with Crippen molar-refractivity contribution >= 4 is 17.2 Å². The van der Waals surface area contributed by atoms with Crippen LogP contribution in [0.1, 0.15) is 34.8 Å². The summed E-state index contributed by atoms with van der Waals surface area (Å²) >= 11 is 1.45. The fourth-order valence-electron chi connectivity index (χ4n) is 2.44. The van der Waals surface area contributed by atoms with Crippen LogP contribution < -0.4 is 5.73 Å². The molecule has 2 heterocycles. The Kier molecular flexibility index (Phi) is 5.80. The van der Waals surface area contributed by atoms with E-state index in [0.29, 0.717) is 12.6 Å². The highest BCUT2D eigenvalue weighted by atomic mass is 32.1. The van der Waals surface area contributed by atoms with Gasteiger partial charge in [-0.1, -0.05) is 18.8 Å². The number of carbonyl (C=O) groups is 1. The number of hydrogen-bond donors (Lipinski definition) is 1. The van der Waals surface area contributed by atoms with Crippen molar-refractivity contribution < 1.29 is 4.79 Å². The van der Waals surface area contributed by atoms with Crippen molar-refractivity contribution in [3.8, 4) is 11.8 Å². The molecule has 2 rings (SSSR count). The topological polar surface area (TPSA) is 49.6 Å². The molecular formula is C16H23N3OS. The minimum atomic E-state index is 0.129. The van der Waals surface area contributed by atoms with Gasteiger partial charge in [-0.15, -0.1) is 11.3 Å². The SMILES string of the molecule is CCC(C)N1CCN(C(=O)c2ccc(C#CCN)s2)CC1. The van der Waals surface area contributed by atoms with Crippen LogP contribution in [0.15, 0.2) is 12.1 Å². The largest absolute Gasteiger partial charge is 0.335 e. The molecule has 0 aliphatic carbocycles. The highest BCUT2D eigenvalue weighted by Crippen LogP contribution is 2.19. The maximum Gasteiger partial charge on any atom is 0.264 e. The maximum absolute atomic E-state index is 12.5. The van der Waals surface area contributed by atoms with Gasteiger partial charge in [-0.2, -0.15) is 0 Å². The number of nitrogens with zero attached hydrogens (tertiary/aromatic N) is 2. The zero-order chi connectivity index (χ0) is 15.2. The van der Waals surface area contributed by atoms with E-state index in [1.807, 2.05) is 17.0 Å². The Balaban J connectivity index is 1.94. The fourth-order valence-corrected chi connectivity index (χ4v) is 3.29. The molecule has 1 unspecified atom stereocenters. The number of piperazine rings is 1. The highest BCUT2D eigenvalue weighted by molar-refractivity contribution is 7.14. The Morgan fingerprint density at radius 2 is 2.10 bits per heavy atom. The summed E-state index contributed by atoms with van der Waals surface area (Å²) in [5.41, 5.74) is 5.36. The van der Waals surface area contributed by atoms with Gasteiger partial charge in [-0.25, -0.2) is 0 Å². The van der Waals surface area contributed by atoms with Gasteiger partial charge in [0, 0.05) is 32.2 Å². The molecule has 0 aromatic carbocycles. The number of amides is 1. The molecule has 0 bridgehead atoms. The van der Waals surface area contributed by atoms with Gasteiger partial charge in [-0.3, -0.25) is 9.69 Å². The quantitative estimate of drug-likeness (QED) is 0.863. The van der Waals surface area contributed by atoms with Crippen LogP contribution in [0.3, 0.4) is 0 Å². The normalized spacial score (nSPS) is 17.2. The first-order valence-electron chi connectivity index (χ1n) is 7.47. The van der Waals surface area contributed by atoms with Gasteiger partial charge in [0.1, 0.15) is 0 Å². The van der Waals surface area contributed by atoms with Crippen LogP contribution in [0, 0.1) is 11.8 Å². The summed E-state index contributed by atoms with van der Waals surface area (Å²) in [6, 6.07) is 4.37. The van der Waals surface area contributed by atoms with E-state index in [4.69, 9.17) is 5.73 Å². The molecule has 21 heavy (non-hydrogen) atoms. The second-order valence-corrected chi connectivity index (χ2v) is 6.34. The summed E-state index contributed by atoms with van der Waals surface area (Å²) in [6.07, 6.45) is 1.15. The summed E-state index contributed by atoms with van der Waals surface area (Å²) < 4.78 is 0. The molecule has 1 amide bonds. The Morgan fingerprint density at radius 1 is 1.38 bits per heavy atom. The second kappa shape index (κ2) is 7.60. The fraction of sp³-hybridized carbons (Fsp3) is 0.562. The number of carbonyl (C=O) groups excluding carboxylic acids is 1. The van der Waals surface area contributed by atoms with E-state index in [1.165, 1.54) is 11.3 Å². The zero-order valence-corrected chi connectivity index (χ0v) is 13.6. The Bertz CT molecular complexity index is 535. The molecule has 0 radical (unpaired) electrons. The van der Waals surface area contributed by atoms with Gasteiger partial charge < -0.3 is 10.6 Å². The van der Waals surface area contributed by atoms with Crippen LogP contribution in [-0.2, 0) is 0 Å². The molecule has 1 atom stereocenters. The first-order valence-corrected chi connectivity index (χ1v) is 8.29. The molecular weight excluding hydrogens is 282 g/mol. The van der Waals surface area contributed by atoms with E-state index in [-0.39, 0.29) is 5.91 Å². The van der Waals surface area contributed by atoms with Gasteiger partial charge in [0.05, 0.1) is 16.3 Å². The Labute approximate surface area is 130 Å². The van der Waals surface area contributed by atoms with Gasteiger partial charge >= 0.3 is 0 Å². The lowest BCUT2D eigenvalue weighted by Gasteiger charge is -2.37. The second-order valence-electron chi connectivity index (χ2n) is 5.26. The van der Waals surface area contributed by atoms with E-state index in [9.17, 15) is 4.79 Å². The van der Waals surface area contributed by atoms with Crippen LogP contribution in [0.2, 0.25) is 0 Å². The van der Waals surface area contributed by atoms with Crippen molar-refractivity contribution in [1.29, 1.82) is 0 Å². The van der Waals surface area contributed by atoms with Crippen molar-refractivity contribution in [3.05, 3.63) is 21.9 Å². The van der Waals surface area contributed by atoms with E-state index >= 15 is 0 Å². The Hall–Kier alpha value is -1.35. The van der Waals surface area contributed by atoms with Crippen molar-refractivity contribution in [2.75, 3.05) is 32.7 Å². The lowest BCUT2D eigenvalue weighted by Crippen LogP contribution is -2.51. The summed E-state index contributed by atoms with van der Waals surface area (Å²) in [7, 11) is 0. The highest BCUT2D eigenvalue weighted by Gasteiger charge is 2.24. The molecule has 1 aromatic rings. The average Bonchev–Trinajstić information content (AvgIpc) is 3.00. The summed E-state index contributed by atoms with van der Waals surface area (Å²) in [6.45, 7) is 8.35. The molecule has 1 aromatic heterocycles. The summed E-state index contributed by atoms with van der Waals surface area (Å²) in [4.78, 5) is 18.6. The molecule has 0 saturated carbocycles. The smallest absolute Gasteiger partial charge is 0.264 e. The van der Waals surface area contributed by atoms with E-state index < -0.39 is 0 Å². The molecule has 1 fully saturated rings. The van der Waals surface area contributed by atoms with Gasteiger partial charge in [0.25, 0.3) is 5.91 Å². The predicted octanol–water partition coefficient (Wildman–Crippen LogP) is 1.61. The minimum absolute atomic E-state index is 0.129. The van der Waals surface area contributed by atoms with Crippen LogP contribution in [0.5, 0.6) is 0 Å². The third-order valence-electron chi connectivity index (χ3n) is 3.95. The average molecular weight is 305 g/mol. The molecule has 2 N–H and O–H groups in total. The molecule has 1 saturated heterocycles. The number of nitrogens with two attached hydrogens (primary N) is 1. The molecule has 114 valence electrons. The predicted molar refractivity (Wildman–Crippen MR) is 87.5 cm³/mol. The number of rotatable bonds is 3. The monoisotopic (exact) mass is 305 g/mol. The van der Waals surface area contributed by atoms with Crippen molar-refractivity contribution in [1.82, 2.24) is 9.80 Å². The molecule has 1 aliphatic heterocycles. The van der Waals surface area contributed by atoms with E-state index in [2.05, 4.69) is 30.6 Å². The van der Waals surface area contributed by atoms with Crippen LogP contribution >= 0.6 is 11.3 Å². The minimum Gasteiger partial charge on any atom is -0.335 e. The first kappa shape index (κ1) is 16.0. The van der Waals surface area contributed by atoms with Crippen molar-refractivity contribution in [3.63, 3.8) is 0 Å². The lowest BCUT2D eigenvalue weighted by atomic mass is 10.2. The summed E-state index contributed by atoms with van der Waals surface area (Å²) in [5.74, 6) is 5.92. The van der Waals surface area contributed by atoms with Crippen LogP contribution in [0.25, 0.3) is 0 Å². The molecule has 1 aliphatic rings. The van der Waals surface area contributed by atoms with Crippen LogP contribution in [-0.4, -0.2) is 54.5 Å². The lowest BCUT2D eigenvalue weighted by molar-refractivity contribution is 0.0584. The molecule has 5 heteroatoms. The first-order chi connectivity index (χ1) is 10.2. The van der Waals surface area contributed by atoms with Crippen LogP contribution in [0.4, 0.5) is 0 Å². The number of thiophene rings is 1. The van der Waals surface area contributed by atoms with Gasteiger partial charge in [0.15, 0.2) is 0 Å².